The number of carbonyl (C=O) groups is 3. The molecule has 134 valence electrons. The highest BCUT2D eigenvalue weighted by Gasteiger charge is 2.27. The number of ether oxygens (including phenoxy) is 2. The second-order valence-electron chi connectivity index (χ2n) is 7.25. The van der Waals surface area contributed by atoms with Crippen LogP contribution in [0.1, 0.15) is 54.4 Å². The molecule has 0 saturated carbocycles. The lowest BCUT2D eigenvalue weighted by atomic mass is 10.1. The summed E-state index contributed by atoms with van der Waals surface area (Å²) in [5, 5.41) is 11.4. The van der Waals surface area contributed by atoms with Crippen LogP contribution in [0.2, 0.25) is 0 Å². The number of nitrogens with two attached hydrogens (primary N) is 1. The lowest BCUT2D eigenvalue weighted by Gasteiger charge is -2.24. The monoisotopic (exact) mass is 332 g/mol. The average molecular weight is 332 g/mol. The van der Waals surface area contributed by atoms with E-state index in [9.17, 15) is 14.4 Å². The molecule has 0 aliphatic rings. The van der Waals surface area contributed by atoms with Gasteiger partial charge in [-0.3, -0.25) is 4.79 Å². The maximum absolute atomic E-state index is 11.7. The summed E-state index contributed by atoms with van der Waals surface area (Å²) in [5.41, 5.74) is 4.29. The molecule has 0 aromatic rings. The number of aliphatic carboxylic acids is 1. The number of esters is 1. The second-order valence-corrected chi connectivity index (χ2v) is 7.25. The molecule has 0 aliphatic heterocycles. The number of alkyl carbamates (subject to hydrolysis) is 1. The minimum Gasteiger partial charge on any atom is -0.480 e. The molecule has 2 unspecified atom stereocenters. The van der Waals surface area contributed by atoms with E-state index in [0.717, 1.165) is 0 Å². The van der Waals surface area contributed by atoms with Crippen molar-refractivity contribution in [2.45, 2.75) is 77.7 Å². The molecule has 8 nitrogen and oxygen atoms in total. The fourth-order valence-corrected chi connectivity index (χ4v) is 1.55. The van der Waals surface area contributed by atoms with Crippen LogP contribution in [0.15, 0.2) is 0 Å². The van der Waals surface area contributed by atoms with Gasteiger partial charge < -0.3 is 25.6 Å². The van der Waals surface area contributed by atoms with Crippen molar-refractivity contribution in [1.29, 1.82) is 0 Å². The van der Waals surface area contributed by atoms with E-state index in [1.54, 1.807) is 41.5 Å². The summed E-state index contributed by atoms with van der Waals surface area (Å²) in [7, 11) is 0. The van der Waals surface area contributed by atoms with Crippen molar-refractivity contribution in [3.8, 4) is 0 Å². The van der Waals surface area contributed by atoms with Gasteiger partial charge in [0.05, 0.1) is 0 Å². The van der Waals surface area contributed by atoms with Gasteiger partial charge in [-0.1, -0.05) is 0 Å². The fraction of sp³-hybridized carbons (Fsp3) is 0.800. The summed E-state index contributed by atoms with van der Waals surface area (Å²) in [6, 6.07) is -2.16. The minimum atomic E-state index is -1.23. The number of hydrogen-bond donors (Lipinski definition) is 3. The summed E-state index contributed by atoms with van der Waals surface area (Å²) in [6.07, 6.45) is -0.799. The van der Waals surface area contributed by atoms with E-state index in [1.165, 1.54) is 0 Å². The summed E-state index contributed by atoms with van der Waals surface area (Å²) in [4.78, 5) is 34.5. The number of carboxylic acids is 1. The van der Waals surface area contributed by atoms with E-state index >= 15 is 0 Å². The zero-order chi connectivity index (χ0) is 18.4. The van der Waals surface area contributed by atoms with Crippen LogP contribution in [0.25, 0.3) is 0 Å². The van der Waals surface area contributed by atoms with Gasteiger partial charge in [-0.05, 0) is 54.4 Å². The first-order chi connectivity index (χ1) is 10.2. The van der Waals surface area contributed by atoms with Crippen LogP contribution in [0.3, 0.4) is 0 Å². The zero-order valence-electron chi connectivity index (χ0n) is 14.6. The number of nitrogens with one attached hydrogen (secondary N) is 1. The Labute approximate surface area is 136 Å². The van der Waals surface area contributed by atoms with Crippen molar-refractivity contribution in [2.75, 3.05) is 0 Å². The van der Waals surface area contributed by atoms with Crippen LogP contribution in [-0.4, -0.2) is 46.4 Å². The van der Waals surface area contributed by atoms with Gasteiger partial charge in [0, 0.05) is 0 Å². The Bertz CT molecular complexity index is 436. The van der Waals surface area contributed by atoms with Gasteiger partial charge in [-0.15, -0.1) is 0 Å². The molecule has 1 amide bonds. The van der Waals surface area contributed by atoms with E-state index in [1.807, 2.05) is 0 Å². The van der Waals surface area contributed by atoms with Crippen molar-refractivity contribution in [2.24, 2.45) is 5.73 Å². The molecule has 0 bridgehead atoms. The van der Waals surface area contributed by atoms with E-state index in [4.69, 9.17) is 20.3 Å². The maximum Gasteiger partial charge on any atom is 0.408 e. The molecule has 23 heavy (non-hydrogen) atoms. The molecule has 0 aromatic heterocycles. The highest BCUT2D eigenvalue weighted by molar-refractivity contribution is 5.80. The molecule has 0 aromatic carbocycles. The van der Waals surface area contributed by atoms with Gasteiger partial charge in [0.15, 0.2) is 0 Å². The third-order valence-corrected chi connectivity index (χ3v) is 2.46. The van der Waals surface area contributed by atoms with Gasteiger partial charge in [0.25, 0.3) is 0 Å². The minimum absolute atomic E-state index is 0.0189. The highest BCUT2D eigenvalue weighted by Crippen LogP contribution is 2.11. The molecular formula is C15H28N2O6. The topological polar surface area (TPSA) is 128 Å². The van der Waals surface area contributed by atoms with Crippen molar-refractivity contribution < 1.29 is 29.0 Å². The Morgan fingerprint density at radius 2 is 1.48 bits per heavy atom. The summed E-state index contributed by atoms with van der Waals surface area (Å²) in [6.45, 7) is 10.1. The molecule has 0 rings (SSSR count). The molecule has 0 radical (unpaired) electrons. The smallest absolute Gasteiger partial charge is 0.408 e. The standard InChI is InChI=1S/C15H28N2O6/c1-14(2,3)22-12(20)9(16)7-8-10(11(18)19)17-13(21)23-15(4,5)6/h9-10H,7-8,16H2,1-6H3,(H,17,21)(H,18,19). The molecule has 0 heterocycles. The zero-order valence-corrected chi connectivity index (χ0v) is 14.6. The van der Waals surface area contributed by atoms with Gasteiger partial charge >= 0.3 is 18.0 Å². The molecule has 0 fully saturated rings. The van der Waals surface area contributed by atoms with Crippen molar-refractivity contribution in [3.05, 3.63) is 0 Å². The number of rotatable bonds is 6. The predicted molar refractivity (Wildman–Crippen MR) is 83.8 cm³/mol. The third-order valence-electron chi connectivity index (χ3n) is 2.46. The van der Waals surface area contributed by atoms with Crippen LogP contribution >= 0.6 is 0 Å². The van der Waals surface area contributed by atoms with Gasteiger partial charge in [0.2, 0.25) is 0 Å². The van der Waals surface area contributed by atoms with E-state index < -0.39 is 41.3 Å². The lowest BCUT2D eigenvalue weighted by Crippen LogP contribution is -2.45. The van der Waals surface area contributed by atoms with Crippen LogP contribution in [-0.2, 0) is 19.1 Å². The van der Waals surface area contributed by atoms with Gasteiger partial charge in [-0.2, -0.15) is 0 Å². The number of amides is 1. The van der Waals surface area contributed by atoms with Gasteiger partial charge in [-0.25, -0.2) is 9.59 Å². The first kappa shape index (κ1) is 21.2. The van der Waals surface area contributed by atoms with Gasteiger partial charge in [0.1, 0.15) is 23.3 Å². The van der Waals surface area contributed by atoms with Crippen LogP contribution < -0.4 is 11.1 Å². The quantitative estimate of drug-likeness (QED) is 0.627. The summed E-state index contributed by atoms with van der Waals surface area (Å²) >= 11 is 0. The van der Waals surface area contributed by atoms with Crippen molar-refractivity contribution >= 4 is 18.0 Å². The first-order valence-electron chi connectivity index (χ1n) is 7.42. The molecule has 0 spiro atoms. The summed E-state index contributed by atoms with van der Waals surface area (Å²) in [5.74, 6) is -1.84. The lowest BCUT2D eigenvalue weighted by molar-refractivity contribution is -0.157. The SMILES string of the molecule is CC(C)(C)OC(=O)NC(CCC(N)C(=O)OC(C)(C)C)C(=O)O. The maximum atomic E-state index is 11.7. The highest BCUT2D eigenvalue weighted by atomic mass is 16.6. The summed E-state index contributed by atoms with van der Waals surface area (Å²) < 4.78 is 10.1. The van der Waals surface area contributed by atoms with Crippen molar-refractivity contribution in [3.63, 3.8) is 0 Å². The van der Waals surface area contributed by atoms with Crippen molar-refractivity contribution in [1.82, 2.24) is 5.32 Å². The van der Waals surface area contributed by atoms with Crippen LogP contribution in [0.5, 0.6) is 0 Å². The Morgan fingerprint density at radius 3 is 1.87 bits per heavy atom. The Hall–Kier alpha value is -1.83. The van der Waals surface area contributed by atoms with E-state index in [0.29, 0.717) is 0 Å². The number of carboxylic acid groups (broad SMARTS) is 1. The number of carbonyl (C=O) groups excluding carboxylic acids is 2. The largest absolute Gasteiger partial charge is 0.480 e. The predicted octanol–water partition coefficient (Wildman–Crippen LogP) is 1.41. The van der Waals surface area contributed by atoms with E-state index in [2.05, 4.69) is 5.32 Å². The normalized spacial score (nSPS) is 14.6. The molecule has 4 N–H and O–H groups in total. The Kier molecular flexibility index (Phi) is 7.50. The molecule has 2 atom stereocenters. The third kappa shape index (κ3) is 10.5. The molecule has 0 saturated heterocycles. The number of hydrogen-bond acceptors (Lipinski definition) is 6. The second kappa shape index (κ2) is 8.14. The Morgan fingerprint density at radius 1 is 1.00 bits per heavy atom. The average Bonchev–Trinajstić information content (AvgIpc) is 2.28. The van der Waals surface area contributed by atoms with Crippen LogP contribution in [0, 0.1) is 0 Å². The molecular weight excluding hydrogens is 304 g/mol. The molecule has 8 heteroatoms. The Balaban J connectivity index is 4.53. The fourth-order valence-electron chi connectivity index (χ4n) is 1.55. The van der Waals surface area contributed by atoms with E-state index in [-0.39, 0.29) is 12.8 Å². The first-order valence-corrected chi connectivity index (χ1v) is 7.42. The molecule has 0 aliphatic carbocycles. The van der Waals surface area contributed by atoms with Crippen LogP contribution in [0.4, 0.5) is 4.79 Å².